The number of halogens is 3. The van der Waals surface area contributed by atoms with E-state index in [9.17, 15) is 18.4 Å². The van der Waals surface area contributed by atoms with Crippen LogP contribution in [0.2, 0.25) is 0 Å². The molecule has 176 valence electrons. The summed E-state index contributed by atoms with van der Waals surface area (Å²) in [4.78, 5) is 26.7. The number of hydrogen-bond donors (Lipinski definition) is 2. The number of morpholine rings is 1. The van der Waals surface area contributed by atoms with Gasteiger partial charge in [0.2, 0.25) is 5.91 Å². The molecule has 2 aromatic carbocycles. The second-order valence-corrected chi connectivity index (χ2v) is 8.65. The monoisotopic (exact) mass is 461 g/mol. The minimum atomic E-state index is -0.868. The summed E-state index contributed by atoms with van der Waals surface area (Å²) in [6.07, 6.45) is 0.541. The zero-order chi connectivity index (χ0) is 23.8. The Hall–Kier alpha value is -3.07. The lowest BCUT2D eigenvalue weighted by Gasteiger charge is -2.41. The molecule has 2 aromatic rings. The predicted molar refractivity (Wildman–Crippen MR) is 116 cm³/mol. The quantitative estimate of drug-likeness (QED) is 0.734. The van der Waals surface area contributed by atoms with Crippen molar-refractivity contribution >= 4 is 11.9 Å². The second-order valence-electron chi connectivity index (χ2n) is 8.65. The third kappa shape index (κ3) is 4.42. The standard InChI is InChI=1S/C24H26F3N3O3/c1-3-28-23(32)30-14(2)11-24(13-33-12-21(31)29-24)20(30)9-15-5-4-6-19(22(15)27)16-7-17(25)10-18(26)8-16/h4-8,10,14,20H,3,9,11-13H2,1-2H3,(H,28,32)(H,29,31). The maximum Gasteiger partial charge on any atom is 0.317 e. The lowest BCUT2D eigenvalue weighted by atomic mass is 9.84. The molecule has 1 spiro atoms. The van der Waals surface area contributed by atoms with E-state index in [-0.39, 0.29) is 54.3 Å². The molecule has 3 unspecified atom stereocenters. The smallest absolute Gasteiger partial charge is 0.317 e. The molecule has 2 fully saturated rings. The molecule has 2 saturated heterocycles. The van der Waals surface area contributed by atoms with E-state index in [1.807, 2.05) is 6.92 Å². The van der Waals surface area contributed by atoms with Crippen LogP contribution in [0.15, 0.2) is 36.4 Å². The molecule has 2 aliphatic heterocycles. The Morgan fingerprint density at radius 2 is 1.97 bits per heavy atom. The predicted octanol–water partition coefficient (Wildman–Crippen LogP) is 3.39. The Morgan fingerprint density at radius 3 is 2.64 bits per heavy atom. The van der Waals surface area contributed by atoms with Crippen LogP contribution >= 0.6 is 0 Å². The molecule has 2 aliphatic rings. The van der Waals surface area contributed by atoms with E-state index in [0.717, 1.165) is 18.2 Å². The number of likely N-dealkylation sites (tertiary alicyclic amines) is 1. The number of rotatable bonds is 4. The summed E-state index contributed by atoms with van der Waals surface area (Å²) < 4.78 is 48.6. The van der Waals surface area contributed by atoms with Crippen molar-refractivity contribution in [2.75, 3.05) is 19.8 Å². The lowest BCUT2D eigenvalue weighted by molar-refractivity contribution is -0.136. The molecular weight excluding hydrogens is 435 g/mol. The summed E-state index contributed by atoms with van der Waals surface area (Å²) in [6, 6.07) is 6.37. The van der Waals surface area contributed by atoms with Gasteiger partial charge in [0.05, 0.1) is 18.2 Å². The molecule has 0 saturated carbocycles. The highest BCUT2D eigenvalue weighted by Gasteiger charge is 2.54. The third-order valence-electron chi connectivity index (χ3n) is 6.32. The topological polar surface area (TPSA) is 70.7 Å². The van der Waals surface area contributed by atoms with E-state index in [0.29, 0.717) is 13.0 Å². The van der Waals surface area contributed by atoms with E-state index >= 15 is 4.39 Å². The second kappa shape index (κ2) is 9.05. The molecule has 4 rings (SSSR count). The van der Waals surface area contributed by atoms with Gasteiger partial charge in [0.25, 0.3) is 0 Å². The Balaban J connectivity index is 1.74. The Morgan fingerprint density at radius 1 is 1.24 bits per heavy atom. The summed E-state index contributed by atoms with van der Waals surface area (Å²) >= 11 is 0. The summed E-state index contributed by atoms with van der Waals surface area (Å²) in [5.74, 6) is -2.53. The highest BCUT2D eigenvalue weighted by molar-refractivity contribution is 5.80. The average molecular weight is 461 g/mol. The molecule has 0 aliphatic carbocycles. The first-order chi connectivity index (χ1) is 15.7. The van der Waals surface area contributed by atoms with Crippen LogP contribution in [0.25, 0.3) is 11.1 Å². The normalized spacial score (nSPS) is 24.8. The van der Waals surface area contributed by atoms with Gasteiger partial charge in [-0.25, -0.2) is 18.0 Å². The first-order valence-corrected chi connectivity index (χ1v) is 10.9. The number of urea groups is 1. The number of amides is 3. The molecule has 0 aromatic heterocycles. The van der Waals surface area contributed by atoms with E-state index in [2.05, 4.69) is 10.6 Å². The van der Waals surface area contributed by atoms with Gasteiger partial charge in [-0.15, -0.1) is 0 Å². The molecule has 9 heteroatoms. The van der Waals surface area contributed by atoms with Gasteiger partial charge in [-0.2, -0.15) is 0 Å². The molecular formula is C24H26F3N3O3. The van der Waals surface area contributed by atoms with Gasteiger partial charge >= 0.3 is 6.03 Å². The largest absolute Gasteiger partial charge is 0.369 e. The van der Waals surface area contributed by atoms with Crippen LogP contribution in [-0.2, 0) is 16.0 Å². The summed E-state index contributed by atoms with van der Waals surface area (Å²) in [6.45, 7) is 4.22. The number of benzene rings is 2. The number of ether oxygens (including phenoxy) is 1. The zero-order valence-corrected chi connectivity index (χ0v) is 18.5. The number of nitrogens with one attached hydrogen (secondary N) is 2. The van der Waals surface area contributed by atoms with Crippen molar-refractivity contribution < 1.29 is 27.5 Å². The molecule has 2 heterocycles. The number of carbonyl (C=O) groups is 2. The van der Waals surface area contributed by atoms with Gasteiger partial charge in [0, 0.05) is 24.2 Å². The van der Waals surface area contributed by atoms with Crippen LogP contribution in [0.1, 0.15) is 25.8 Å². The fourth-order valence-corrected chi connectivity index (χ4v) is 5.06. The average Bonchev–Trinajstić information content (AvgIpc) is 2.99. The summed E-state index contributed by atoms with van der Waals surface area (Å²) in [5.41, 5.74) is -0.465. The van der Waals surface area contributed by atoms with Crippen molar-refractivity contribution in [3.63, 3.8) is 0 Å². The summed E-state index contributed by atoms with van der Waals surface area (Å²) in [7, 11) is 0. The van der Waals surface area contributed by atoms with Crippen molar-refractivity contribution in [2.24, 2.45) is 0 Å². The highest BCUT2D eigenvalue weighted by Crippen LogP contribution is 2.38. The Kier molecular flexibility index (Phi) is 6.34. The highest BCUT2D eigenvalue weighted by atomic mass is 19.1. The van der Waals surface area contributed by atoms with Gasteiger partial charge < -0.3 is 20.3 Å². The van der Waals surface area contributed by atoms with Crippen LogP contribution < -0.4 is 10.6 Å². The lowest BCUT2D eigenvalue weighted by Crippen LogP contribution is -2.64. The van der Waals surface area contributed by atoms with E-state index in [1.165, 1.54) is 6.07 Å². The van der Waals surface area contributed by atoms with Crippen molar-refractivity contribution in [1.29, 1.82) is 0 Å². The Bertz CT molecular complexity index is 1060. The molecule has 0 radical (unpaired) electrons. The van der Waals surface area contributed by atoms with E-state index in [4.69, 9.17) is 4.74 Å². The minimum Gasteiger partial charge on any atom is -0.369 e. The molecule has 6 nitrogen and oxygen atoms in total. The Labute approximate surface area is 190 Å². The zero-order valence-electron chi connectivity index (χ0n) is 18.5. The van der Waals surface area contributed by atoms with Crippen molar-refractivity contribution in [3.8, 4) is 11.1 Å². The number of hydrogen-bond acceptors (Lipinski definition) is 3. The SMILES string of the molecule is CCNC(=O)N1C(C)CC2(COCC(=O)N2)C1Cc1cccc(-c2cc(F)cc(F)c2)c1F. The van der Waals surface area contributed by atoms with Crippen LogP contribution in [0.5, 0.6) is 0 Å². The molecule has 3 amide bonds. The van der Waals surface area contributed by atoms with Gasteiger partial charge in [-0.05, 0) is 49.9 Å². The van der Waals surface area contributed by atoms with Crippen LogP contribution in [0.3, 0.4) is 0 Å². The van der Waals surface area contributed by atoms with Crippen LogP contribution in [0, 0.1) is 17.5 Å². The number of carbonyl (C=O) groups excluding carboxylic acids is 2. The summed E-state index contributed by atoms with van der Waals surface area (Å²) in [5, 5.41) is 5.78. The first kappa shape index (κ1) is 23.1. The van der Waals surface area contributed by atoms with Crippen molar-refractivity contribution in [2.45, 2.75) is 44.3 Å². The first-order valence-electron chi connectivity index (χ1n) is 10.9. The van der Waals surface area contributed by atoms with Gasteiger partial charge in [0.1, 0.15) is 24.1 Å². The molecule has 3 atom stereocenters. The van der Waals surface area contributed by atoms with Crippen LogP contribution in [-0.4, -0.2) is 54.2 Å². The number of nitrogens with zero attached hydrogens (tertiary/aromatic N) is 1. The fourth-order valence-electron chi connectivity index (χ4n) is 5.06. The minimum absolute atomic E-state index is 0.0551. The molecule has 2 N–H and O–H groups in total. The van der Waals surface area contributed by atoms with Gasteiger partial charge in [-0.1, -0.05) is 18.2 Å². The molecule has 0 bridgehead atoms. The fraction of sp³-hybridized carbons (Fsp3) is 0.417. The van der Waals surface area contributed by atoms with Gasteiger partial charge in [-0.3, -0.25) is 4.79 Å². The third-order valence-corrected chi connectivity index (χ3v) is 6.32. The maximum absolute atomic E-state index is 15.6. The van der Waals surface area contributed by atoms with Gasteiger partial charge in [0.15, 0.2) is 0 Å². The van der Waals surface area contributed by atoms with Crippen molar-refractivity contribution in [1.82, 2.24) is 15.5 Å². The van der Waals surface area contributed by atoms with Crippen molar-refractivity contribution in [3.05, 3.63) is 59.4 Å². The van der Waals surface area contributed by atoms with E-state index in [1.54, 1.807) is 24.0 Å². The molecule has 33 heavy (non-hydrogen) atoms. The maximum atomic E-state index is 15.6. The van der Waals surface area contributed by atoms with E-state index < -0.39 is 29.0 Å². The van der Waals surface area contributed by atoms with Crippen LogP contribution in [0.4, 0.5) is 18.0 Å².